The van der Waals surface area contributed by atoms with E-state index in [9.17, 15) is 5.11 Å². The maximum absolute atomic E-state index is 10.2. The van der Waals surface area contributed by atoms with Crippen molar-refractivity contribution in [1.29, 1.82) is 0 Å². The number of hydrogen-bond donors (Lipinski definition) is 1. The minimum Gasteiger partial charge on any atom is -0.388 e. The summed E-state index contributed by atoms with van der Waals surface area (Å²) in [4.78, 5) is 0. The fourth-order valence-electron chi connectivity index (χ4n) is 2.41. The summed E-state index contributed by atoms with van der Waals surface area (Å²) in [7, 11) is 0. The van der Waals surface area contributed by atoms with E-state index in [1.165, 1.54) is 0 Å². The van der Waals surface area contributed by atoms with Gasteiger partial charge in [-0.1, -0.05) is 63.0 Å². The highest BCUT2D eigenvalue weighted by Gasteiger charge is 2.20. The Labute approximate surface area is 120 Å². The van der Waals surface area contributed by atoms with Crippen molar-refractivity contribution in [3.8, 4) is 0 Å². The first-order valence-corrected chi connectivity index (χ1v) is 7.08. The zero-order chi connectivity index (χ0) is 13.9. The maximum atomic E-state index is 10.2. The summed E-state index contributed by atoms with van der Waals surface area (Å²) >= 11 is 12.1. The van der Waals surface area contributed by atoms with Crippen molar-refractivity contribution in [3.05, 3.63) is 33.8 Å². The molecular formula is C15H22Cl2O. The SMILES string of the molecule is CC(CC(O)c1cccc(Cl)c1Cl)CC(C)(C)C. The Bertz CT molecular complexity index is 396. The number of rotatable bonds is 4. The fourth-order valence-corrected chi connectivity index (χ4v) is 2.85. The normalized spacial score (nSPS) is 15.5. The molecule has 0 fully saturated rings. The number of aliphatic hydroxyl groups excluding tert-OH is 1. The summed E-state index contributed by atoms with van der Waals surface area (Å²) in [6.45, 7) is 8.79. The van der Waals surface area contributed by atoms with Crippen molar-refractivity contribution in [2.45, 2.75) is 46.6 Å². The van der Waals surface area contributed by atoms with Gasteiger partial charge in [-0.05, 0) is 30.2 Å². The largest absolute Gasteiger partial charge is 0.388 e. The molecular weight excluding hydrogens is 267 g/mol. The lowest BCUT2D eigenvalue weighted by atomic mass is 9.82. The van der Waals surface area contributed by atoms with Crippen LogP contribution in [0.2, 0.25) is 10.0 Å². The quantitative estimate of drug-likeness (QED) is 0.777. The first-order valence-electron chi connectivity index (χ1n) is 6.32. The second-order valence-electron chi connectivity index (χ2n) is 6.26. The van der Waals surface area contributed by atoms with Crippen LogP contribution in [0.25, 0.3) is 0 Å². The van der Waals surface area contributed by atoms with E-state index in [2.05, 4.69) is 27.7 Å². The molecule has 102 valence electrons. The van der Waals surface area contributed by atoms with Crippen LogP contribution >= 0.6 is 23.2 Å². The second kappa shape index (κ2) is 6.27. The van der Waals surface area contributed by atoms with Crippen LogP contribution in [0, 0.1) is 11.3 Å². The summed E-state index contributed by atoms with van der Waals surface area (Å²) in [6, 6.07) is 5.39. The highest BCUT2D eigenvalue weighted by molar-refractivity contribution is 6.42. The summed E-state index contributed by atoms with van der Waals surface area (Å²) in [5, 5.41) is 11.2. The van der Waals surface area contributed by atoms with Crippen molar-refractivity contribution < 1.29 is 5.11 Å². The van der Waals surface area contributed by atoms with Gasteiger partial charge in [0.1, 0.15) is 0 Å². The van der Waals surface area contributed by atoms with Crippen LogP contribution in [0.4, 0.5) is 0 Å². The summed E-state index contributed by atoms with van der Waals surface area (Å²) < 4.78 is 0. The van der Waals surface area contributed by atoms with E-state index in [1.54, 1.807) is 6.07 Å². The molecule has 0 radical (unpaired) electrons. The average Bonchev–Trinajstić information content (AvgIpc) is 2.18. The van der Waals surface area contributed by atoms with Gasteiger partial charge in [0.05, 0.1) is 16.1 Å². The molecule has 0 aliphatic carbocycles. The Hall–Kier alpha value is -0.240. The Balaban J connectivity index is 2.71. The van der Waals surface area contributed by atoms with E-state index in [0.717, 1.165) is 12.0 Å². The molecule has 1 aromatic carbocycles. The van der Waals surface area contributed by atoms with Crippen molar-refractivity contribution in [2.24, 2.45) is 11.3 Å². The smallest absolute Gasteiger partial charge is 0.0807 e. The van der Waals surface area contributed by atoms with Gasteiger partial charge in [0, 0.05) is 5.56 Å². The van der Waals surface area contributed by atoms with E-state index >= 15 is 0 Å². The molecule has 3 heteroatoms. The first kappa shape index (κ1) is 15.8. The molecule has 0 aliphatic heterocycles. The number of halogens is 2. The van der Waals surface area contributed by atoms with Gasteiger partial charge in [0.15, 0.2) is 0 Å². The molecule has 0 amide bonds. The molecule has 1 nitrogen and oxygen atoms in total. The van der Waals surface area contributed by atoms with Crippen LogP contribution < -0.4 is 0 Å². The van der Waals surface area contributed by atoms with Gasteiger partial charge in [-0.15, -0.1) is 0 Å². The fraction of sp³-hybridized carbons (Fsp3) is 0.600. The monoisotopic (exact) mass is 288 g/mol. The molecule has 0 heterocycles. The summed E-state index contributed by atoms with van der Waals surface area (Å²) in [5.41, 5.74) is 1.00. The Morgan fingerprint density at radius 3 is 2.39 bits per heavy atom. The topological polar surface area (TPSA) is 20.2 Å². The van der Waals surface area contributed by atoms with Gasteiger partial charge < -0.3 is 5.11 Å². The van der Waals surface area contributed by atoms with E-state index in [0.29, 0.717) is 22.4 Å². The third-order valence-corrected chi connectivity index (χ3v) is 3.76. The van der Waals surface area contributed by atoms with E-state index in [4.69, 9.17) is 23.2 Å². The minimum absolute atomic E-state index is 0.275. The molecule has 18 heavy (non-hydrogen) atoms. The number of benzene rings is 1. The van der Waals surface area contributed by atoms with Gasteiger partial charge in [0.25, 0.3) is 0 Å². The highest BCUT2D eigenvalue weighted by Crippen LogP contribution is 2.35. The van der Waals surface area contributed by atoms with Gasteiger partial charge in [-0.2, -0.15) is 0 Å². The maximum Gasteiger partial charge on any atom is 0.0807 e. The Morgan fingerprint density at radius 1 is 1.22 bits per heavy atom. The van der Waals surface area contributed by atoms with Crippen LogP contribution in [0.1, 0.15) is 52.2 Å². The zero-order valence-electron chi connectivity index (χ0n) is 11.5. The molecule has 2 unspecified atom stereocenters. The van der Waals surface area contributed by atoms with Crippen molar-refractivity contribution >= 4 is 23.2 Å². The number of aliphatic hydroxyl groups is 1. The van der Waals surface area contributed by atoms with Gasteiger partial charge in [-0.25, -0.2) is 0 Å². The van der Waals surface area contributed by atoms with Crippen LogP contribution in [0.5, 0.6) is 0 Å². The highest BCUT2D eigenvalue weighted by atomic mass is 35.5. The van der Waals surface area contributed by atoms with Crippen LogP contribution in [0.15, 0.2) is 18.2 Å². The predicted molar refractivity (Wildman–Crippen MR) is 79.3 cm³/mol. The second-order valence-corrected chi connectivity index (χ2v) is 7.05. The number of hydrogen-bond acceptors (Lipinski definition) is 1. The van der Waals surface area contributed by atoms with Gasteiger partial charge in [0.2, 0.25) is 0 Å². The minimum atomic E-state index is -0.548. The van der Waals surface area contributed by atoms with Crippen LogP contribution in [-0.4, -0.2) is 5.11 Å². The molecule has 1 N–H and O–H groups in total. The standard InChI is InChI=1S/C15H22Cl2O/c1-10(9-15(2,3)4)8-13(18)11-6-5-7-12(16)14(11)17/h5-7,10,13,18H,8-9H2,1-4H3. The third kappa shape index (κ3) is 4.79. The lowest BCUT2D eigenvalue weighted by molar-refractivity contribution is 0.134. The van der Waals surface area contributed by atoms with E-state index in [1.807, 2.05) is 12.1 Å². The lowest BCUT2D eigenvalue weighted by Gasteiger charge is -2.25. The Morgan fingerprint density at radius 2 is 1.83 bits per heavy atom. The third-order valence-electron chi connectivity index (χ3n) is 2.93. The molecule has 0 spiro atoms. The molecule has 2 atom stereocenters. The summed E-state index contributed by atoms with van der Waals surface area (Å²) in [5.74, 6) is 0.440. The molecule has 0 aliphatic rings. The Kier molecular flexibility index (Phi) is 5.51. The summed E-state index contributed by atoms with van der Waals surface area (Å²) in [6.07, 6.45) is 1.23. The molecule has 0 bridgehead atoms. The molecule has 1 aromatic rings. The lowest BCUT2D eigenvalue weighted by Crippen LogP contribution is -2.13. The van der Waals surface area contributed by atoms with Crippen LogP contribution in [-0.2, 0) is 0 Å². The molecule has 0 saturated carbocycles. The van der Waals surface area contributed by atoms with Gasteiger partial charge >= 0.3 is 0 Å². The van der Waals surface area contributed by atoms with Crippen molar-refractivity contribution in [1.82, 2.24) is 0 Å². The average molecular weight is 289 g/mol. The van der Waals surface area contributed by atoms with Crippen LogP contribution in [0.3, 0.4) is 0 Å². The van der Waals surface area contributed by atoms with Crippen molar-refractivity contribution in [3.63, 3.8) is 0 Å². The molecule has 0 aromatic heterocycles. The van der Waals surface area contributed by atoms with Crippen molar-refractivity contribution in [2.75, 3.05) is 0 Å². The van der Waals surface area contributed by atoms with E-state index < -0.39 is 6.10 Å². The molecule has 1 rings (SSSR count). The van der Waals surface area contributed by atoms with Gasteiger partial charge in [-0.3, -0.25) is 0 Å². The predicted octanol–water partition coefficient (Wildman–Crippen LogP) is 5.49. The zero-order valence-corrected chi connectivity index (χ0v) is 13.0. The molecule has 0 saturated heterocycles. The first-order chi connectivity index (χ1) is 8.20. The van der Waals surface area contributed by atoms with E-state index in [-0.39, 0.29) is 5.41 Å².